The largest absolute Gasteiger partial charge is 0.481 e. The number of nitrogens with zero attached hydrogens (tertiary/aromatic N) is 6. The van der Waals surface area contributed by atoms with E-state index in [9.17, 15) is 9.59 Å². The van der Waals surface area contributed by atoms with Gasteiger partial charge in [0.2, 0.25) is 0 Å². The number of halogens is 2. The number of fused-ring (bicyclic) bond motifs is 2. The van der Waals surface area contributed by atoms with Gasteiger partial charge < -0.3 is 19.6 Å². The Balaban J connectivity index is 0.000000189. The lowest BCUT2D eigenvalue weighted by Gasteiger charge is -2.40. The summed E-state index contributed by atoms with van der Waals surface area (Å²) in [5.74, 6) is -0.991. The standard InChI is InChI=1S/C25H30ClN3O2S.C24H28ClN3O2S/c1-17(2)29(16-19-6-4-5-18(13-19)14-24(30)31-3)21-9-11-28(12-10-21)25-27-22-8-7-20(26)15-23(22)32-25;1-16(2)28(15-18-5-3-4-17(12-18)13-23(29)30)20-8-10-27(11-9-20)24-26-21-7-6-19(25)14-22(21)31-24/h4-8,13,15,17,21H,9-12,14,16H2,1-3H3;3-7,12,14,16,20H,8-11,13,15H2,1-2H3,(H,29,30). The molecule has 4 heterocycles. The fourth-order valence-electron chi connectivity index (χ4n) is 8.80. The van der Waals surface area contributed by atoms with Crippen molar-refractivity contribution in [2.45, 2.75) is 103 Å². The predicted octanol–water partition coefficient (Wildman–Crippen LogP) is 11.0. The summed E-state index contributed by atoms with van der Waals surface area (Å²) in [7, 11) is 1.43. The van der Waals surface area contributed by atoms with E-state index in [0.717, 1.165) is 117 Å². The van der Waals surface area contributed by atoms with Crippen molar-refractivity contribution in [1.82, 2.24) is 19.8 Å². The van der Waals surface area contributed by atoms with Crippen LogP contribution in [0.15, 0.2) is 84.9 Å². The molecule has 2 aromatic heterocycles. The molecule has 0 atom stereocenters. The first kappa shape index (κ1) is 46.7. The Kier molecular flexibility index (Phi) is 16.0. The van der Waals surface area contributed by atoms with Gasteiger partial charge in [-0.05, 0) is 112 Å². The first-order chi connectivity index (χ1) is 30.3. The number of methoxy groups -OCH3 is 1. The highest BCUT2D eigenvalue weighted by molar-refractivity contribution is 7.22. The normalized spacial score (nSPS) is 15.2. The molecule has 63 heavy (non-hydrogen) atoms. The molecule has 6 aromatic rings. The second kappa shape index (κ2) is 21.6. The fourth-order valence-corrected chi connectivity index (χ4v) is 11.4. The molecule has 0 unspecified atom stereocenters. The number of carbonyl (C=O) groups is 2. The zero-order chi connectivity index (χ0) is 44.6. The number of thiazole rings is 2. The van der Waals surface area contributed by atoms with E-state index in [4.69, 9.17) is 43.0 Å². The van der Waals surface area contributed by atoms with Gasteiger partial charge in [-0.2, -0.15) is 0 Å². The second-order valence-corrected chi connectivity index (χ2v) is 20.0. The number of aliphatic carboxylic acids is 1. The number of hydrogen-bond donors (Lipinski definition) is 1. The smallest absolute Gasteiger partial charge is 0.309 e. The lowest BCUT2D eigenvalue weighted by molar-refractivity contribution is -0.140. The summed E-state index contributed by atoms with van der Waals surface area (Å²) in [5.41, 5.74) is 6.32. The van der Waals surface area contributed by atoms with Crippen LogP contribution in [0.3, 0.4) is 0 Å². The molecule has 14 heteroatoms. The van der Waals surface area contributed by atoms with Gasteiger partial charge in [0.25, 0.3) is 0 Å². The maximum atomic E-state index is 11.6. The molecule has 2 aliphatic rings. The van der Waals surface area contributed by atoms with Gasteiger partial charge in [0, 0.05) is 73.5 Å². The third-order valence-corrected chi connectivity index (χ3v) is 14.7. The van der Waals surface area contributed by atoms with Crippen LogP contribution in [0, 0.1) is 0 Å². The topological polar surface area (TPSA) is 102 Å². The van der Waals surface area contributed by atoms with Crippen LogP contribution >= 0.6 is 45.9 Å². The maximum absolute atomic E-state index is 11.6. The van der Waals surface area contributed by atoms with Crippen molar-refractivity contribution in [1.29, 1.82) is 0 Å². The monoisotopic (exact) mass is 928 g/mol. The minimum Gasteiger partial charge on any atom is -0.481 e. The zero-order valence-corrected chi connectivity index (χ0v) is 40.0. The Bertz CT molecular complexity index is 2480. The Labute approximate surface area is 389 Å². The van der Waals surface area contributed by atoms with Gasteiger partial charge in [0.15, 0.2) is 10.3 Å². The van der Waals surface area contributed by atoms with Crippen LogP contribution in [-0.2, 0) is 40.3 Å². The second-order valence-electron chi connectivity index (χ2n) is 17.1. The van der Waals surface area contributed by atoms with E-state index in [1.807, 2.05) is 66.7 Å². The number of hydrogen-bond acceptors (Lipinski definition) is 11. The van der Waals surface area contributed by atoms with Crippen molar-refractivity contribution >= 4 is 88.5 Å². The number of carboxylic acid groups (broad SMARTS) is 1. The SMILES string of the molecule is CC(C)N(Cc1cccc(CC(=O)O)c1)C1CCN(c2nc3ccc(Cl)cc3s2)CC1.COC(=O)Cc1cccc(CN(C(C)C)C2CCN(c3nc4ccc(Cl)cc4s3)CC2)c1. The number of anilines is 2. The summed E-state index contributed by atoms with van der Waals surface area (Å²) >= 11 is 15.7. The molecule has 0 radical (unpaired) electrons. The summed E-state index contributed by atoms with van der Waals surface area (Å²) in [6, 6.07) is 30.0. The van der Waals surface area contributed by atoms with Crippen LogP contribution in [0.25, 0.3) is 20.4 Å². The molecule has 8 rings (SSSR count). The molecule has 0 bridgehead atoms. The number of aromatic nitrogens is 2. The van der Waals surface area contributed by atoms with Crippen molar-refractivity contribution in [3.63, 3.8) is 0 Å². The summed E-state index contributed by atoms with van der Waals surface area (Å²) in [4.78, 5) is 42.3. The van der Waals surface area contributed by atoms with E-state index in [2.05, 4.69) is 65.5 Å². The third kappa shape index (κ3) is 12.5. The summed E-state index contributed by atoms with van der Waals surface area (Å²) in [5, 5.41) is 12.8. The van der Waals surface area contributed by atoms with Crippen LogP contribution in [0.1, 0.15) is 75.6 Å². The van der Waals surface area contributed by atoms with Crippen molar-refractivity contribution in [2.24, 2.45) is 0 Å². The predicted molar refractivity (Wildman–Crippen MR) is 261 cm³/mol. The van der Waals surface area contributed by atoms with Crippen molar-refractivity contribution in [3.05, 3.63) is 117 Å². The Morgan fingerprint density at radius 1 is 0.667 bits per heavy atom. The molecule has 0 amide bonds. The van der Waals surface area contributed by atoms with E-state index < -0.39 is 5.97 Å². The van der Waals surface area contributed by atoms with Gasteiger partial charge in [0.05, 0.1) is 40.4 Å². The number of benzene rings is 4. The average molecular weight is 930 g/mol. The molecule has 2 saturated heterocycles. The number of carboxylic acids is 1. The van der Waals surface area contributed by atoms with Gasteiger partial charge in [-0.15, -0.1) is 0 Å². The third-order valence-electron chi connectivity index (χ3n) is 12.1. The highest BCUT2D eigenvalue weighted by Crippen LogP contribution is 2.35. The van der Waals surface area contributed by atoms with E-state index in [-0.39, 0.29) is 12.4 Å². The van der Waals surface area contributed by atoms with Gasteiger partial charge in [-0.1, -0.05) is 94.4 Å². The maximum Gasteiger partial charge on any atom is 0.309 e. The minimum atomic E-state index is -0.789. The Hall–Kier alpha value is -4.30. The molecule has 0 spiro atoms. The molecule has 334 valence electrons. The molecular weight excluding hydrogens is 872 g/mol. The molecule has 0 saturated carbocycles. The van der Waals surface area contributed by atoms with Crippen LogP contribution in [0.2, 0.25) is 10.0 Å². The van der Waals surface area contributed by atoms with Crippen molar-refractivity contribution < 1.29 is 19.4 Å². The number of ether oxygens (including phenoxy) is 1. The van der Waals surface area contributed by atoms with Crippen molar-refractivity contribution in [2.75, 3.05) is 43.1 Å². The Morgan fingerprint density at radius 2 is 1.08 bits per heavy atom. The highest BCUT2D eigenvalue weighted by atomic mass is 35.5. The highest BCUT2D eigenvalue weighted by Gasteiger charge is 2.29. The number of rotatable bonds is 14. The number of esters is 1. The van der Waals surface area contributed by atoms with E-state index in [0.29, 0.717) is 30.6 Å². The van der Waals surface area contributed by atoms with Crippen LogP contribution in [0.4, 0.5) is 10.3 Å². The first-order valence-electron chi connectivity index (χ1n) is 21.9. The zero-order valence-electron chi connectivity index (χ0n) is 36.8. The van der Waals surface area contributed by atoms with Gasteiger partial charge in [-0.25, -0.2) is 9.97 Å². The molecule has 0 aliphatic carbocycles. The van der Waals surface area contributed by atoms with E-state index >= 15 is 0 Å². The van der Waals surface area contributed by atoms with Crippen LogP contribution < -0.4 is 9.80 Å². The van der Waals surface area contributed by atoms with E-state index in [1.165, 1.54) is 18.2 Å². The van der Waals surface area contributed by atoms with Gasteiger partial charge in [0.1, 0.15) is 0 Å². The summed E-state index contributed by atoms with van der Waals surface area (Å²) < 4.78 is 7.09. The van der Waals surface area contributed by atoms with Crippen molar-refractivity contribution in [3.8, 4) is 0 Å². The summed E-state index contributed by atoms with van der Waals surface area (Å²) in [6.07, 6.45) is 4.78. The lowest BCUT2D eigenvalue weighted by atomic mass is 10.00. The van der Waals surface area contributed by atoms with Crippen LogP contribution in [-0.4, -0.2) is 94.3 Å². The summed E-state index contributed by atoms with van der Waals surface area (Å²) in [6.45, 7) is 14.7. The molecule has 1 N–H and O–H groups in total. The first-order valence-corrected chi connectivity index (χ1v) is 24.3. The van der Waals surface area contributed by atoms with E-state index in [1.54, 1.807) is 22.7 Å². The van der Waals surface area contributed by atoms with Gasteiger partial charge in [-0.3, -0.25) is 19.4 Å². The van der Waals surface area contributed by atoms with Gasteiger partial charge >= 0.3 is 11.9 Å². The lowest BCUT2D eigenvalue weighted by Crippen LogP contribution is -2.47. The molecule has 2 aliphatic heterocycles. The van der Waals surface area contributed by atoms with Crippen LogP contribution in [0.5, 0.6) is 0 Å². The molecular formula is C49H58Cl2N6O4S2. The molecule has 2 fully saturated rings. The molecule has 10 nitrogen and oxygen atoms in total. The number of carbonyl (C=O) groups excluding carboxylic acids is 1. The molecule has 4 aromatic carbocycles. The average Bonchev–Trinajstić information content (AvgIpc) is 3.89. The Morgan fingerprint density at radius 3 is 1.48 bits per heavy atom. The fraction of sp³-hybridized carbons (Fsp3) is 0.429. The quantitative estimate of drug-likeness (QED) is 0.106. The minimum absolute atomic E-state index is 0.0707. The number of piperidine rings is 2.